The maximum atomic E-state index is 12.7. The summed E-state index contributed by atoms with van der Waals surface area (Å²) < 4.78 is 71.4. The zero-order valence-corrected chi connectivity index (χ0v) is 16.4. The number of benzene rings is 1. The first kappa shape index (κ1) is 20.9. The third-order valence-corrected chi connectivity index (χ3v) is 7.55. The molecule has 2 aliphatic heterocycles. The van der Waals surface area contributed by atoms with E-state index < -0.39 is 21.8 Å². The smallest absolute Gasteiger partial charge is 0.381 e. The molecule has 3 rings (SSSR count). The molecule has 152 valence electrons. The molecule has 5 nitrogen and oxygen atoms in total. The summed E-state index contributed by atoms with van der Waals surface area (Å²) in [6.07, 6.45) is -3.03. The predicted octanol–water partition coefficient (Wildman–Crippen LogP) is 2.58. The molecule has 0 unspecified atom stereocenters. The highest BCUT2D eigenvalue weighted by Crippen LogP contribution is 2.31. The van der Waals surface area contributed by atoms with E-state index in [-0.39, 0.29) is 17.0 Å². The molecule has 0 spiro atoms. The molecule has 27 heavy (non-hydrogen) atoms. The largest absolute Gasteiger partial charge is 0.416 e. The molecule has 0 amide bonds. The Hall–Kier alpha value is -0.810. The molecule has 0 bridgehead atoms. The van der Waals surface area contributed by atoms with Crippen LogP contribution in [-0.4, -0.2) is 63.2 Å². The van der Waals surface area contributed by atoms with E-state index in [2.05, 4.69) is 9.62 Å². The first-order chi connectivity index (χ1) is 12.7. The fourth-order valence-corrected chi connectivity index (χ4v) is 5.55. The van der Waals surface area contributed by atoms with Gasteiger partial charge in [-0.2, -0.15) is 24.9 Å². The molecule has 2 aliphatic rings. The Balaban J connectivity index is 1.73. The van der Waals surface area contributed by atoms with Gasteiger partial charge in [-0.25, -0.2) is 13.1 Å². The molecule has 0 aliphatic carbocycles. The number of rotatable bonds is 5. The number of thioether (sulfide) groups is 1. The quantitative estimate of drug-likeness (QED) is 0.788. The van der Waals surface area contributed by atoms with Crippen molar-refractivity contribution in [3.8, 4) is 0 Å². The van der Waals surface area contributed by atoms with Crippen LogP contribution in [0.25, 0.3) is 0 Å². The maximum absolute atomic E-state index is 12.7. The van der Waals surface area contributed by atoms with Gasteiger partial charge in [0.05, 0.1) is 10.5 Å². The third-order valence-electron chi connectivity index (χ3n) is 5.19. The van der Waals surface area contributed by atoms with Crippen LogP contribution in [0, 0.1) is 0 Å². The molecule has 1 N–H and O–H groups in total. The Kier molecular flexibility index (Phi) is 6.41. The molecular weight excluding hydrogens is 401 g/mol. The first-order valence-electron chi connectivity index (χ1n) is 8.80. The minimum Gasteiger partial charge on any atom is -0.381 e. The van der Waals surface area contributed by atoms with Crippen LogP contribution in [0.3, 0.4) is 0 Å². The van der Waals surface area contributed by atoms with Crippen LogP contribution < -0.4 is 4.72 Å². The average Bonchev–Trinajstić information content (AvgIpc) is 2.67. The van der Waals surface area contributed by atoms with E-state index in [4.69, 9.17) is 4.74 Å². The summed E-state index contributed by atoms with van der Waals surface area (Å²) in [6, 6.07) is 3.58. The summed E-state index contributed by atoms with van der Waals surface area (Å²) in [6.45, 7) is 3.17. The van der Waals surface area contributed by atoms with Gasteiger partial charge in [-0.1, -0.05) is 0 Å². The van der Waals surface area contributed by atoms with Crippen LogP contribution >= 0.6 is 11.8 Å². The molecule has 0 atom stereocenters. The number of nitrogens with one attached hydrogen (secondary N) is 1. The molecule has 0 aromatic heterocycles. The van der Waals surface area contributed by atoms with Gasteiger partial charge in [-0.15, -0.1) is 0 Å². The summed E-state index contributed by atoms with van der Waals surface area (Å²) in [5.41, 5.74) is -1.17. The third kappa shape index (κ3) is 4.97. The molecule has 1 aromatic carbocycles. The predicted molar refractivity (Wildman–Crippen MR) is 98.3 cm³/mol. The van der Waals surface area contributed by atoms with E-state index >= 15 is 0 Å². The van der Waals surface area contributed by atoms with Crippen LogP contribution in [0.1, 0.15) is 18.4 Å². The highest BCUT2D eigenvalue weighted by atomic mass is 32.2. The lowest BCUT2D eigenvalue weighted by Gasteiger charge is -2.47. The molecular formula is C17H23F3N2O3S2. The van der Waals surface area contributed by atoms with Crippen molar-refractivity contribution in [2.24, 2.45) is 0 Å². The van der Waals surface area contributed by atoms with Crippen molar-refractivity contribution < 1.29 is 26.3 Å². The van der Waals surface area contributed by atoms with E-state index in [9.17, 15) is 21.6 Å². The minimum atomic E-state index is -4.49. The lowest BCUT2D eigenvalue weighted by Crippen LogP contribution is -2.60. The van der Waals surface area contributed by atoms with Crippen molar-refractivity contribution in [2.75, 3.05) is 44.4 Å². The Labute approximate surface area is 161 Å². The zero-order chi connectivity index (χ0) is 19.5. The highest BCUT2D eigenvalue weighted by molar-refractivity contribution is 7.99. The summed E-state index contributed by atoms with van der Waals surface area (Å²) >= 11 is 1.88. The second-order valence-corrected chi connectivity index (χ2v) is 9.77. The van der Waals surface area contributed by atoms with E-state index in [1.54, 1.807) is 0 Å². The minimum absolute atomic E-state index is 0.160. The second kappa shape index (κ2) is 8.28. The van der Waals surface area contributed by atoms with Crippen molar-refractivity contribution in [3.05, 3.63) is 29.8 Å². The van der Waals surface area contributed by atoms with Crippen LogP contribution in [0.5, 0.6) is 0 Å². The Morgan fingerprint density at radius 2 is 1.70 bits per heavy atom. The van der Waals surface area contributed by atoms with Crippen LogP contribution in [0.2, 0.25) is 0 Å². The lowest BCUT2D eigenvalue weighted by molar-refractivity contribution is -0.137. The molecule has 2 fully saturated rings. The van der Waals surface area contributed by atoms with Crippen molar-refractivity contribution in [1.29, 1.82) is 0 Å². The number of hydrogen-bond acceptors (Lipinski definition) is 5. The van der Waals surface area contributed by atoms with Crippen LogP contribution in [-0.2, 0) is 20.9 Å². The number of alkyl halides is 3. The fourth-order valence-electron chi connectivity index (χ4n) is 3.53. The summed E-state index contributed by atoms with van der Waals surface area (Å²) in [5.74, 6) is 2.02. The van der Waals surface area contributed by atoms with Crippen LogP contribution in [0.15, 0.2) is 29.2 Å². The van der Waals surface area contributed by atoms with Crippen molar-refractivity contribution >= 4 is 21.8 Å². The molecule has 0 radical (unpaired) electrons. The Bertz CT molecular complexity index is 727. The SMILES string of the molecule is O=S(=O)(NCC1(N2CCSCC2)CCOCC1)c1ccc(C(F)(F)F)cc1. The normalized spacial score (nSPS) is 21.9. The molecule has 10 heteroatoms. The number of halogens is 3. The molecule has 2 heterocycles. The lowest BCUT2D eigenvalue weighted by atomic mass is 9.88. The molecule has 0 saturated carbocycles. The van der Waals surface area contributed by atoms with Gasteiger partial charge >= 0.3 is 6.18 Å². The van der Waals surface area contributed by atoms with Gasteiger partial charge in [0, 0.05) is 49.9 Å². The summed E-state index contributed by atoms with van der Waals surface area (Å²) in [7, 11) is -3.89. The van der Waals surface area contributed by atoms with E-state index in [1.165, 1.54) is 0 Å². The summed E-state index contributed by atoms with van der Waals surface area (Å²) in [5, 5.41) is 0. The van der Waals surface area contributed by atoms with Crippen molar-refractivity contribution in [1.82, 2.24) is 9.62 Å². The maximum Gasteiger partial charge on any atom is 0.416 e. The number of ether oxygens (including phenoxy) is 1. The zero-order valence-electron chi connectivity index (χ0n) is 14.8. The van der Waals surface area contributed by atoms with Crippen molar-refractivity contribution in [2.45, 2.75) is 29.5 Å². The fraction of sp³-hybridized carbons (Fsp3) is 0.647. The van der Waals surface area contributed by atoms with Gasteiger partial charge in [0.1, 0.15) is 0 Å². The van der Waals surface area contributed by atoms with Gasteiger partial charge in [0.25, 0.3) is 0 Å². The first-order valence-corrected chi connectivity index (χ1v) is 11.4. The van der Waals surface area contributed by atoms with E-state index in [1.807, 2.05) is 11.8 Å². The van der Waals surface area contributed by atoms with Crippen molar-refractivity contribution in [3.63, 3.8) is 0 Å². The Morgan fingerprint density at radius 1 is 1.11 bits per heavy atom. The number of nitrogens with zero attached hydrogens (tertiary/aromatic N) is 1. The average molecular weight is 425 g/mol. The van der Waals surface area contributed by atoms with Gasteiger partial charge in [-0.3, -0.25) is 4.90 Å². The van der Waals surface area contributed by atoms with E-state index in [0.29, 0.717) is 13.2 Å². The van der Waals surface area contributed by atoms with Gasteiger partial charge in [0.15, 0.2) is 0 Å². The highest BCUT2D eigenvalue weighted by Gasteiger charge is 2.40. The molecule has 1 aromatic rings. The van der Waals surface area contributed by atoms with Crippen LogP contribution in [0.4, 0.5) is 13.2 Å². The van der Waals surface area contributed by atoms with E-state index in [0.717, 1.165) is 61.7 Å². The summed E-state index contributed by atoms with van der Waals surface area (Å²) in [4.78, 5) is 2.17. The van der Waals surface area contributed by atoms with Gasteiger partial charge in [-0.05, 0) is 37.1 Å². The topological polar surface area (TPSA) is 58.6 Å². The Morgan fingerprint density at radius 3 is 2.26 bits per heavy atom. The van der Waals surface area contributed by atoms with Gasteiger partial charge in [0.2, 0.25) is 10.0 Å². The van der Waals surface area contributed by atoms with Gasteiger partial charge < -0.3 is 4.74 Å². The number of hydrogen-bond donors (Lipinski definition) is 1. The standard InChI is InChI=1S/C17H23F3N2O3S2/c18-17(19,20)14-1-3-15(4-2-14)27(23,24)21-13-16(5-9-25-10-6-16)22-7-11-26-12-8-22/h1-4,21H,5-13H2. The second-order valence-electron chi connectivity index (χ2n) is 6.78. The molecule has 2 saturated heterocycles. The monoisotopic (exact) mass is 424 g/mol. The number of sulfonamides is 1.